The van der Waals surface area contributed by atoms with Gasteiger partial charge in [-0.05, 0) is 44.2 Å². The number of amides is 1. The van der Waals surface area contributed by atoms with Crippen LogP contribution < -0.4 is 4.90 Å². The molecule has 0 bridgehead atoms. The number of alkyl halides is 3. The van der Waals surface area contributed by atoms with E-state index in [2.05, 4.69) is 9.97 Å². The number of anilines is 1. The minimum atomic E-state index is -4.45. The predicted octanol–water partition coefficient (Wildman–Crippen LogP) is 6.05. The Balaban J connectivity index is 1.55. The Kier molecular flexibility index (Phi) is 6.73. The van der Waals surface area contributed by atoms with Crippen LogP contribution in [0.1, 0.15) is 27.2 Å². The molecule has 0 spiro atoms. The fourth-order valence-electron chi connectivity index (χ4n) is 3.82. The lowest BCUT2D eigenvalue weighted by Crippen LogP contribution is -2.49. The Morgan fingerprint density at radius 1 is 0.941 bits per heavy atom. The van der Waals surface area contributed by atoms with Gasteiger partial charge in [0, 0.05) is 48.6 Å². The Labute approximate surface area is 205 Å². The van der Waals surface area contributed by atoms with E-state index < -0.39 is 11.7 Å². The molecule has 0 saturated carbocycles. The highest BCUT2D eigenvalue weighted by Gasteiger charge is 2.31. The van der Waals surface area contributed by atoms with Crippen molar-refractivity contribution in [3.05, 3.63) is 74.9 Å². The minimum absolute atomic E-state index is 0.140. The standard InChI is InChI=1S/C24H21Cl2F3N4O/c1-14-15(2)30-21(16-4-3-5-18(12-16)24(27,28)29)31-22(14)32-8-10-33(11-9-32)23(34)17-6-7-19(25)20(26)13-17/h3-7,12-13H,8-11H2,1-2H3. The number of halogens is 5. The van der Waals surface area contributed by atoms with Gasteiger partial charge in [0.15, 0.2) is 5.82 Å². The first kappa shape index (κ1) is 24.3. The number of rotatable bonds is 3. The summed E-state index contributed by atoms with van der Waals surface area (Å²) in [4.78, 5) is 25.7. The van der Waals surface area contributed by atoms with Gasteiger partial charge in [0.1, 0.15) is 5.82 Å². The zero-order chi connectivity index (χ0) is 24.6. The van der Waals surface area contributed by atoms with E-state index in [0.29, 0.717) is 58.9 Å². The van der Waals surface area contributed by atoms with Crippen LogP contribution >= 0.6 is 23.2 Å². The summed E-state index contributed by atoms with van der Waals surface area (Å²) in [5.74, 6) is 0.749. The van der Waals surface area contributed by atoms with Crippen molar-refractivity contribution < 1.29 is 18.0 Å². The summed E-state index contributed by atoms with van der Waals surface area (Å²) in [5, 5.41) is 0.703. The summed E-state index contributed by atoms with van der Waals surface area (Å²) >= 11 is 12.0. The van der Waals surface area contributed by atoms with Gasteiger partial charge in [-0.2, -0.15) is 13.2 Å². The molecule has 0 unspecified atom stereocenters. The fraction of sp³-hybridized carbons (Fsp3) is 0.292. The summed E-state index contributed by atoms with van der Waals surface area (Å²) < 4.78 is 39.5. The monoisotopic (exact) mass is 508 g/mol. The molecule has 1 amide bonds. The molecule has 1 saturated heterocycles. The van der Waals surface area contributed by atoms with Crippen LogP contribution in [0.3, 0.4) is 0 Å². The molecule has 1 aliphatic heterocycles. The highest BCUT2D eigenvalue weighted by atomic mass is 35.5. The molecule has 1 aromatic heterocycles. The van der Waals surface area contributed by atoms with Crippen molar-refractivity contribution in [3.8, 4) is 11.4 Å². The number of carbonyl (C=O) groups excluding carboxylic acids is 1. The van der Waals surface area contributed by atoms with Gasteiger partial charge in [-0.15, -0.1) is 0 Å². The molecule has 0 atom stereocenters. The molecule has 2 heterocycles. The number of aryl methyl sites for hydroxylation is 1. The molecular weight excluding hydrogens is 488 g/mol. The Morgan fingerprint density at radius 3 is 2.29 bits per heavy atom. The van der Waals surface area contributed by atoms with Gasteiger partial charge in [-0.3, -0.25) is 4.79 Å². The molecule has 1 aliphatic rings. The Morgan fingerprint density at radius 2 is 1.65 bits per heavy atom. The maximum atomic E-state index is 13.2. The second kappa shape index (κ2) is 9.43. The summed E-state index contributed by atoms with van der Waals surface area (Å²) in [6.45, 7) is 5.65. The molecule has 0 aliphatic carbocycles. The lowest BCUT2D eigenvalue weighted by molar-refractivity contribution is -0.137. The topological polar surface area (TPSA) is 49.3 Å². The predicted molar refractivity (Wildman–Crippen MR) is 127 cm³/mol. The van der Waals surface area contributed by atoms with E-state index in [0.717, 1.165) is 17.7 Å². The summed E-state index contributed by atoms with van der Waals surface area (Å²) in [6.07, 6.45) is -4.45. The Bertz CT molecular complexity index is 1240. The van der Waals surface area contributed by atoms with Crippen molar-refractivity contribution in [2.75, 3.05) is 31.1 Å². The quantitative estimate of drug-likeness (QED) is 0.432. The molecule has 34 heavy (non-hydrogen) atoms. The third-order valence-electron chi connectivity index (χ3n) is 5.84. The van der Waals surface area contributed by atoms with E-state index in [9.17, 15) is 18.0 Å². The van der Waals surface area contributed by atoms with Crippen molar-refractivity contribution in [2.24, 2.45) is 0 Å². The van der Waals surface area contributed by atoms with Gasteiger partial charge in [0.2, 0.25) is 0 Å². The number of benzene rings is 2. The second-order valence-corrected chi connectivity index (χ2v) is 8.88. The fourth-order valence-corrected chi connectivity index (χ4v) is 4.12. The number of hydrogen-bond donors (Lipinski definition) is 0. The molecule has 10 heteroatoms. The lowest BCUT2D eigenvalue weighted by Gasteiger charge is -2.36. The average Bonchev–Trinajstić information content (AvgIpc) is 2.82. The molecule has 0 radical (unpaired) electrons. The van der Waals surface area contributed by atoms with Crippen LogP contribution in [0.4, 0.5) is 19.0 Å². The van der Waals surface area contributed by atoms with Crippen LogP contribution in [0, 0.1) is 13.8 Å². The molecule has 4 rings (SSSR count). The maximum Gasteiger partial charge on any atom is 0.416 e. The van der Waals surface area contributed by atoms with Crippen LogP contribution in [-0.2, 0) is 6.18 Å². The maximum absolute atomic E-state index is 13.2. The highest BCUT2D eigenvalue weighted by Crippen LogP contribution is 2.32. The van der Waals surface area contributed by atoms with Crippen molar-refractivity contribution in [3.63, 3.8) is 0 Å². The van der Waals surface area contributed by atoms with Crippen LogP contribution in [0.25, 0.3) is 11.4 Å². The zero-order valence-electron chi connectivity index (χ0n) is 18.5. The van der Waals surface area contributed by atoms with E-state index in [1.807, 2.05) is 18.7 Å². The van der Waals surface area contributed by atoms with Crippen molar-refractivity contribution >= 4 is 34.9 Å². The molecule has 2 aromatic carbocycles. The largest absolute Gasteiger partial charge is 0.416 e. The highest BCUT2D eigenvalue weighted by molar-refractivity contribution is 6.42. The summed E-state index contributed by atoms with van der Waals surface area (Å²) in [6, 6.07) is 9.79. The third kappa shape index (κ3) is 4.98. The lowest BCUT2D eigenvalue weighted by atomic mass is 10.1. The van der Waals surface area contributed by atoms with Gasteiger partial charge in [0.25, 0.3) is 5.91 Å². The SMILES string of the molecule is Cc1nc(-c2cccc(C(F)(F)F)c2)nc(N2CCN(C(=O)c3ccc(Cl)c(Cl)c3)CC2)c1C. The first-order valence-electron chi connectivity index (χ1n) is 10.6. The second-order valence-electron chi connectivity index (χ2n) is 8.07. The van der Waals surface area contributed by atoms with E-state index in [4.69, 9.17) is 23.2 Å². The van der Waals surface area contributed by atoms with Crippen LogP contribution in [0.2, 0.25) is 10.0 Å². The third-order valence-corrected chi connectivity index (χ3v) is 6.58. The number of hydrogen-bond acceptors (Lipinski definition) is 4. The van der Waals surface area contributed by atoms with Gasteiger partial charge >= 0.3 is 6.18 Å². The van der Waals surface area contributed by atoms with Crippen molar-refractivity contribution in [2.45, 2.75) is 20.0 Å². The number of nitrogens with zero attached hydrogens (tertiary/aromatic N) is 4. The van der Waals surface area contributed by atoms with Crippen LogP contribution in [0.15, 0.2) is 42.5 Å². The minimum Gasteiger partial charge on any atom is -0.353 e. The van der Waals surface area contributed by atoms with Crippen LogP contribution in [0.5, 0.6) is 0 Å². The molecule has 3 aromatic rings. The van der Waals surface area contributed by atoms with Gasteiger partial charge in [-0.1, -0.05) is 35.3 Å². The zero-order valence-corrected chi connectivity index (χ0v) is 20.0. The van der Waals surface area contributed by atoms with Gasteiger partial charge in [0.05, 0.1) is 15.6 Å². The normalized spacial score (nSPS) is 14.4. The number of carbonyl (C=O) groups is 1. The average molecular weight is 509 g/mol. The van der Waals surface area contributed by atoms with Crippen molar-refractivity contribution in [1.82, 2.24) is 14.9 Å². The summed E-state index contributed by atoms with van der Waals surface area (Å²) in [5.41, 5.74) is 1.55. The number of aromatic nitrogens is 2. The van der Waals surface area contributed by atoms with E-state index in [-0.39, 0.29) is 11.7 Å². The molecule has 5 nitrogen and oxygen atoms in total. The molecule has 0 N–H and O–H groups in total. The Hall–Kier alpha value is -2.84. The van der Waals surface area contributed by atoms with Crippen LogP contribution in [-0.4, -0.2) is 47.0 Å². The number of piperazine rings is 1. The summed E-state index contributed by atoms with van der Waals surface area (Å²) in [7, 11) is 0. The van der Waals surface area contributed by atoms with Crippen molar-refractivity contribution in [1.29, 1.82) is 0 Å². The smallest absolute Gasteiger partial charge is 0.353 e. The molecule has 178 valence electrons. The molecule has 1 fully saturated rings. The molecular formula is C24H21Cl2F3N4O. The first-order chi connectivity index (χ1) is 16.0. The van der Waals surface area contributed by atoms with Gasteiger partial charge < -0.3 is 9.80 Å². The van der Waals surface area contributed by atoms with E-state index >= 15 is 0 Å². The van der Waals surface area contributed by atoms with E-state index in [1.54, 1.807) is 29.2 Å². The first-order valence-corrected chi connectivity index (χ1v) is 11.3. The van der Waals surface area contributed by atoms with Gasteiger partial charge in [-0.25, -0.2) is 9.97 Å². The van der Waals surface area contributed by atoms with E-state index in [1.165, 1.54) is 6.07 Å².